The van der Waals surface area contributed by atoms with Crippen molar-refractivity contribution in [2.45, 2.75) is 27.2 Å². The van der Waals surface area contributed by atoms with Gasteiger partial charge in [-0.2, -0.15) is 0 Å². The van der Waals surface area contributed by atoms with Gasteiger partial charge in [-0.05, 0) is 19.3 Å². The summed E-state index contributed by atoms with van der Waals surface area (Å²) in [7, 11) is 1.87. The second-order valence-electron chi connectivity index (χ2n) is 5.24. The van der Waals surface area contributed by atoms with Crippen molar-refractivity contribution < 1.29 is 5.11 Å². The van der Waals surface area contributed by atoms with Gasteiger partial charge in [0.25, 0.3) is 0 Å². The number of aromatic nitrogens is 2. The van der Waals surface area contributed by atoms with Gasteiger partial charge in [-0.3, -0.25) is 4.68 Å². The van der Waals surface area contributed by atoms with Gasteiger partial charge in [0.05, 0.1) is 5.69 Å². The van der Waals surface area contributed by atoms with Gasteiger partial charge in [0, 0.05) is 18.2 Å². The molecule has 3 nitrogen and oxygen atoms in total. The summed E-state index contributed by atoms with van der Waals surface area (Å²) in [6.07, 6.45) is 0.836. The van der Waals surface area contributed by atoms with Crippen LogP contribution in [0.4, 0.5) is 0 Å². The van der Waals surface area contributed by atoms with Crippen LogP contribution in [0.2, 0.25) is 0 Å². The van der Waals surface area contributed by atoms with E-state index in [1.807, 2.05) is 7.05 Å². The molecular formula is C15H20N2O. The maximum absolute atomic E-state index is 9.95. The summed E-state index contributed by atoms with van der Waals surface area (Å²) in [5, 5.41) is 14.1. The molecule has 0 unspecified atom stereocenters. The fourth-order valence-corrected chi connectivity index (χ4v) is 2.22. The average molecular weight is 244 g/mol. The van der Waals surface area contributed by atoms with E-state index < -0.39 is 0 Å². The third kappa shape index (κ3) is 2.40. The lowest BCUT2D eigenvalue weighted by Crippen LogP contribution is -1.98. The maximum Gasteiger partial charge on any atom is 0.234 e. The average Bonchev–Trinajstić information content (AvgIpc) is 2.55. The minimum Gasteiger partial charge on any atom is -0.492 e. The molecule has 0 aliphatic heterocycles. The van der Waals surface area contributed by atoms with Crippen molar-refractivity contribution in [1.82, 2.24) is 9.78 Å². The molecule has 1 N–H and O–H groups in total. The Hall–Kier alpha value is -1.77. The predicted octanol–water partition coefficient (Wildman–Crippen LogP) is 3.30. The molecular weight excluding hydrogens is 224 g/mol. The molecule has 1 aromatic heterocycles. The van der Waals surface area contributed by atoms with Crippen molar-refractivity contribution in [3.63, 3.8) is 0 Å². The first-order valence-electron chi connectivity index (χ1n) is 6.31. The number of hydrogen-bond acceptors (Lipinski definition) is 2. The standard InChI is InChI=1S/C15H20N2O/c1-10(2)9-13-14(17(4)16-15(13)18)12-7-5-11(3)6-8-12/h5-8,10H,9H2,1-4H3,(H,16,18). The van der Waals surface area contributed by atoms with Crippen LogP contribution in [-0.2, 0) is 13.5 Å². The van der Waals surface area contributed by atoms with Crippen LogP contribution in [0.25, 0.3) is 11.3 Å². The third-order valence-corrected chi connectivity index (χ3v) is 3.06. The smallest absolute Gasteiger partial charge is 0.234 e. The van der Waals surface area contributed by atoms with Crippen molar-refractivity contribution >= 4 is 0 Å². The maximum atomic E-state index is 9.95. The summed E-state index contributed by atoms with van der Waals surface area (Å²) in [5.74, 6) is 0.645. The van der Waals surface area contributed by atoms with Gasteiger partial charge >= 0.3 is 0 Å². The predicted molar refractivity (Wildman–Crippen MR) is 73.6 cm³/mol. The van der Waals surface area contributed by atoms with Crippen molar-refractivity contribution in [3.8, 4) is 17.1 Å². The summed E-state index contributed by atoms with van der Waals surface area (Å²) in [6.45, 7) is 6.36. The fourth-order valence-electron chi connectivity index (χ4n) is 2.22. The third-order valence-electron chi connectivity index (χ3n) is 3.06. The summed E-state index contributed by atoms with van der Waals surface area (Å²) < 4.78 is 1.76. The Morgan fingerprint density at radius 1 is 1.22 bits per heavy atom. The fraction of sp³-hybridized carbons (Fsp3) is 0.400. The van der Waals surface area contributed by atoms with Crippen LogP contribution in [0.3, 0.4) is 0 Å². The van der Waals surface area contributed by atoms with E-state index in [0.717, 1.165) is 23.2 Å². The highest BCUT2D eigenvalue weighted by Crippen LogP contribution is 2.31. The molecule has 3 heteroatoms. The zero-order valence-electron chi connectivity index (χ0n) is 11.4. The quantitative estimate of drug-likeness (QED) is 0.899. The zero-order valence-corrected chi connectivity index (χ0v) is 11.4. The van der Waals surface area contributed by atoms with Crippen LogP contribution in [0.1, 0.15) is 25.0 Å². The lowest BCUT2D eigenvalue weighted by molar-refractivity contribution is 0.435. The van der Waals surface area contributed by atoms with E-state index >= 15 is 0 Å². The second kappa shape index (κ2) is 4.84. The van der Waals surface area contributed by atoms with Gasteiger partial charge < -0.3 is 5.11 Å². The van der Waals surface area contributed by atoms with Gasteiger partial charge in [0.1, 0.15) is 0 Å². The Morgan fingerprint density at radius 3 is 2.39 bits per heavy atom. The molecule has 0 amide bonds. The van der Waals surface area contributed by atoms with E-state index in [1.54, 1.807) is 4.68 Å². The molecule has 0 radical (unpaired) electrons. The highest BCUT2D eigenvalue weighted by molar-refractivity contribution is 5.66. The van der Waals surface area contributed by atoms with E-state index in [9.17, 15) is 5.11 Å². The number of aromatic hydroxyl groups is 1. The second-order valence-corrected chi connectivity index (χ2v) is 5.24. The van der Waals surface area contributed by atoms with E-state index in [-0.39, 0.29) is 5.88 Å². The summed E-state index contributed by atoms with van der Waals surface area (Å²) in [4.78, 5) is 0. The molecule has 0 aliphatic rings. The first-order chi connectivity index (χ1) is 8.49. The van der Waals surface area contributed by atoms with E-state index in [2.05, 4.69) is 50.1 Å². The first-order valence-corrected chi connectivity index (χ1v) is 6.31. The molecule has 0 fully saturated rings. The highest BCUT2D eigenvalue weighted by atomic mass is 16.3. The number of benzene rings is 1. The van der Waals surface area contributed by atoms with Crippen LogP contribution < -0.4 is 0 Å². The monoisotopic (exact) mass is 244 g/mol. The molecule has 0 spiro atoms. The number of aryl methyl sites for hydroxylation is 2. The van der Waals surface area contributed by atoms with Crippen LogP contribution in [0.5, 0.6) is 5.88 Å². The van der Waals surface area contributed by atoms with Crippen LogP contribution in [0.15, 0.2) is 24.3 Å². The Balaban J connectivity index is 2.52. The minimum absolute atomic E-state index is 0.154. The van der Waals surface area contributed by atoms with Crippen molar-refractivity contribution in [1.29, 1.82) is 0 Å². The van der Waals surface area contributed by atoms with E-state index in [4.69, 9.17) is 0 Å². The SMILES string of the molecule is Cc1ccc(-c2c(CC(C)C)c(O)nn2C)cc1. The normalized spacial score (nSPS) is 11.2. The molecule has 0 saturated heterocycles. The molecule has 1 heterocycles. The Bertz CT molecular complexity index is 538. The summed E-state index contributed by atoms with van der Waals surface area (Å²) >= 11 is 0. The minimum atomic E-state index is 0.154. The number of rotatable bonds is 3. The van der Waals surface area contributed by atoms with Gasteiger partial charge in [-0.15, -0.1) is 5.10 Å². The van der Waals surface area contributed by atoms with Gasteiger partial charge in [-0.25, -0.2) is 0 Å². The topological polar surface area (TPSA) is 38.1 Å². The summed E-state index contributed by atoms with van der Waals surface area (Å²) in [6, 6.07) is 8.32. The molecule has 1 aromatic carbocycles. The van der Waals surface area contributed by atoms with Crippen LogP contribution in [-0.4, -0.2) is 14.9 Å². The van der Waals surface area contributed by atoms with Crippen molar-refractivity contribution in [2.75, 3.05) is 0 Å². The van der Waals surface area contributed by atoms with Crippen LogP contribution >= 0.6 is 0 Å². The van der Waals surface area contributed by atoms with E-state index in [0.29, 0.717) is 5.92 Å². The molecule has 0 saturated carbocycles. The van der Waals surface area contributed by atoms with E-state index in [1.165, 1.54) is 5.56 Å². The lowest BCUT2D eigenvalue weighted by Gasteiger charge is -2.08. The molecule has 0 atom stereocenters. The number of nitrogens with zero attached hydrogens (tertiary/aromatic N) is 2. The Morgan fingerprint density at radius 2 is 1.83 bits per heavy atom. The largest absolute Gasteiger partial charge is 0.492 e. The molecule has 96 valence electrons. The first kappa shape index (κ1) is 12.7. The molecule has 0 aliphatic carbocycles. The Kier molecular flexibility index (Phi) is 3.41. The zero-order chi connectivity index (χ0) is 13.3. The van der Waals surface area contributed by atoms with Crippen molar-refractivity contribution in [3.05, 3.63) is 35.4 Å². The lowest BCUT2D eigenvalue weighted by atomic mass is 9.99. The Labute approximate surface area is 108 Å². The molecule has 18 heavy (non-hydrogen) atoms. The highest BCUT2D eigenvalue weighted by Gasteiger charge is 2.17. The van der Waals surface area contributed by atoms with Gasteiger partial charge in [-0.1, -0.05) is 43.7 Å². The van der Waals surface area contributed by atoms with Gasteiger partial charge in [0.2, 0.25) is 5.88 Å². The number of hydrogen-bond donors (Lipinski definition) is 1. The molecule has 2 rings (SSSR count). The molecule has 0 bridgehead atoms. The molecule has 2 aromatic rings. The summed E-state index contributed by atoms with van der Waals surface area (Å²) in [5.41, 5.74) is 4.29. The van der Waals surface area contributed by atoms with Crippen LogP contribution in [0, 0.1) is 12.8 Å². The van der Waals surface area contributed by atoms with Crippen molar-refractivity contribution in [2.24, 2.45) is 13.0 Å². The van der Waals surface area contributed by atoms with Gasteiger partial charge in [0.15, 0.2) is 0 Å².